The lowest BCUT2D eigenvalue weighted by atomic mass is 9.90. The third kappa shape index (κ3) is 2.66. The summed E-state index contributed by atoms with van der Waals surface area (Å²) in [4.78, 5) is 0. The number of ether oxygens (including phenoxy) is 2. The van der Waals surface area contributed by atoms with Crippen LogP contribution in [0, 0.1) is 5.41 Å². The molecular formula is C14H16BrN3O2. The Morgan fingerprint density at radius 1 is 1.45 bits per heavy atom. The minimum Gasteiger partial charge on any atom is -0.492 e. The van der Waals surface area contributed by atoms with Gasteiger partial charge < -0.3 is 15.2 Å². The molecular weight excluding hydrogens is 322 g/mol. The number of halogens is 1. The maximum Gasteiger partial charge on any atom is 0.145 e. The van der Waals surface area contributed by atoms with Gasteiger partial charge in [0.25, 0.3) is 0 Å². The van der Waals surface area contributed by atoms with E-state index < -0.39 is 0 Å². The molecule has 1 fully saturated rings. The van der Waals surface area contributed by atoms with E-state index in [0.29, 0.717) is 12.4 Å². The van der Waals surface area contributed by atoms with Crippen molar-refractivity contribution in [1.29, 1.82) is 0 Å². The van der Waals surface area contributed by atoms with Crippen molar-refractivity contribution in [3.05, 3.63) is 28.7 Å². The van der Waals surface area contributed by atoms with E-state index >= 15 is 0 Å². The van der Waals surface area contributed by atoms with Crippen LogP contribution < -0.4 is 10.5 Å². The lowest BCUT2D eigenvalue weighted by molar-refractivity contribution is -0.120. The van der Waals surface area contributed by atoms with Crippen LogP contribution in [-0.2, 0) is 4.74 Å². The Hall–Kier alpha value is -1.53. The summed E-state index contributed by atoms with van der Waals surface area (Å²) >= 11 is 3.54. The predicted molar refractivity (Wildman–Crippen MR) is 80.6 cm³/mol. The number of hydrogen-bond acceptors (Lipinski definition) is 4. The third-order valence-electron chi connectivity index (χ3n) is 3.32. The van der Waals surface area contributed by atoms with Crippen molar-refractivity contribution in [3.8, 4) is 17.0 Å². The fourth-order valence-electron chi connectivity index (χ4n) is 2.06. The number of nitrogens with zero attached hydrogens (tertiary/aromatic N) is 1. The molecule has 1 saturated heterocycles. The molecule has 3 rings (SSSR count). The number of benzene rings is 1. The zero-order valence-electron chi connectivity index (χ0n) is 11.1. The van der Waals surface area contributed by atoms with Crippen molar-refractivity contribution in [3.63, 3.8) is 0 Å². The van der Waals surface area contributed by atoms with Gasteiger partial charge in [0.1, 0.15) is 11.6 Å². The molecule has 2 heterocycles. The first kappa shape index (κ1) is 13.5. The molecule has 1 aromatic carbocycles. The third-order valence-corrected chi connectivity index (χ3v) is 3.94. The highest BCUT2D eigenvalue weighted by Crippen LogP contribution is 2.33. The number of anilines is 1. The first-order valence-corrected chi connectivity index (χ1v) is 7.16. The van der Waals surface area contributed by atoms with Gasteiger partial charge in [0.05, 0.1) is 30.0 Å². The molecule has 0 atom stereocenters. The van der Waals surface area contributed by atoms with Crippen molar-refractivity contribution < 1.29 is 9.47 Å². The highest BCUT2D eigenvalue weighted by Gasteiger charge is 2.34. The topological polar surface area (TPSA) is 73.2 Å². The first-order chi connectivity index (χ1) is 9.56. The monoisotopic (exact) mass is 337 g/mol. The van der Waals surface area contributed by atoms with E-state index in [1.54, 1.807) is 6.07 Å². The van der Waals surface area contributed by atoms with Crippen molar-refractivity contribution in [2.45, 2.75) is 6.92 Å². The van der Waals surface area contributed by atoms with E-state index in [-0.39, 0.29) is 5.41 Å². The Balaban J connectivity index is 1.74. The number of rotatable bonds is 4. The molecule has 0 amide bonds. The first-order valence-electron chi connectivity index (χ1n) is 6.37. The summed E-state index contributed by atoms with van der Waals surface area (Å²) < 4.78 is 12.0. The minimum absolute atomic E-state index is 0.135. The van der Waals surface area contributed by atoms with E-state index in [1.807, 2.05) is 18.2 Å². The SMILES string of the molecule is CC1(COc2ccc(-c3cc(N)n[nH]3)cc2Br)COC1. The smallest absolute Gasteiger partial charge is 0.145 e. The van der Waals surface area contributed by atoms with Gasteiger partial charge in [0.15, 0.2) is 0 Å². The molecule has 0 aliphatic carbocycles. The van der Waals surface area contributed by atoms with Gasteiger partial charge in [-0.3, -0.25) is 5.10 Å². The fourth-order valence-corrected chi connectivity index (χ4v) is 2.55. The molecule has 0 spiro atoms. The maximum absolute atomic E-state index is 5.86. The van der Waals surface area contributed by atoms with Crippen LogP contribution in [0.15, 0.2) is 28.7 Å². The lowest BCUT2D eigenvalue weighted by Gasteiger charge is -2.37. The average Bonchev–Trinajstić information content (AvgIpc) is 2.82. The molecule has 0 unspecified atom stereocenters. The molecule has 1 aliphatic heterocycles. The number of nitrogen functional groups attached to an aromatic ring is 1. The highest BCUT2D eigenvalue weighted by atomic mass is 79.9. The predicted octanol–water partition coefficient (Wildman–Crippen LogP) is 2.84. The quantitative estimate of drug-likeness (QED) is 0.899. The van der Waals surface area contributed by atoms with Crippen LogP contribution in [0.3, 0.4) is 0 Å². The zero-order valence-corrected chi connectivity index (χ0v) is 12.7. The van der Waals surface area contributed by atoms with Gasteiger partial charge in [-0.25, -0.2) is 0 Å². The summed E-state index contributed by atoms with van der Waals surface area (Å²) in [6, 6.07) is 7.71. The molecule has 0 bridgehead atoms. The van der Waals surface area contributed by atoms with Gasteiger partial charge in [0.2, 0.25) is 0 Å². The van der Waals surface area contributed by atoms with Crippen LogP contribution in [-0.4, -0.2) is 30.0 Å². The van der Waals surface area contributed by atoms with Gasteiger partial charge in [-0.15, -0.1) is 0 Å². The van der Waals surface area contributed by atoms with Gasteiger partial charge >= 0.3 is 0 Å². The second-order valence-corrected chi connectivity index (χ2v) is 6.30. The molecule has 3 N–H and O–H groups in total. The Morgan fingerprint density at radius 2 is 2.25 bits per heavy atom. The highest BCUT2D eigenvalue weighted by molar-refractivity contribution is 9.10. The van der Waals surface area contributed by atoms with E-state index in [4.69, 9.17) is 15.2 Å². The van der Waals surface area contributed by atoms with Crippen LogP contribution in [0.5, 0.6) is 5.75 Å². The second kappa shape index (κ2) is 5.10. The summed E-state index contributed by atoms with van der Waals surface area (Å²) in [5, 5.41) is 6.81. The summed E-state index contributed by atoms with van der Waals surface area (Å²) in [6.45, 7) is 4.33. The van der Waals surface area contributed by atoms with Crippen molar-refractivity contribution >= 4 is 21.7 Å². The average molecular weight is 338 g/mol. The van der Waals surface area contributed by atoms with Crippen LogP contribution >= 0.6 is 15.9 Å². The normalized spacial score (nSPS) is 16.7. The number of nitrogens with two attached hydrogens (primary N) is 1. The molecule has 20 heavy (non-hydrogen) atoms. The maximum atomic E-state index is 5.86. The molecule has 0 radical (unpaired) electrons. The summed E-state index contributed by atoms with van der Waals surface area (Å²) in [7, 11) is 0. The van der Waals surface area contributed by atoms with Crippen LogP contribution in [0.2, 0.25) is 0 Å². The molecule has 5 nitrogen and oxygen atoms in total. The molecule has 6 heteroatoms. The molecule has 2 aromatic rings. The van der Waals surface area contributed by atoms with E-state index in [9.17, 15) is 0 Å². The van der Waals surface area contributed by atoms with Gasteiger partial charge in [0, 0.05) is 17.0 Å². The Kier molecular flexibility index (Phi) is 3.43. The summed E-state index contributed by atoms with van der Waals surface area (Å²) in [5.41, 5.74) is 7.64. The minimum atomic E-state index is 0.135. The van der Waals surface area contributed by atoms with Crippen LogP contribution in [0.1, 0.15) is 6.92 Å². The molecule has 1 aromatic heterocycles. The van der Waals surface area contributed by atoms with Crippen LogP contribution in [0.25, 0.3) is 11.3 Å². The second-order valence-electron chi connectivity index (χ2n) is 5.44. The largest absolute Gasteiger partial charge is 0.492 e. The van der Waals surface area contributed by atoms with Crippen molar-refractivity contribution in [2.75, 3.05) is 25.6 Å². The van der Waals surface area contributed by atoms with Gasteiger partial charge in [-0.1, -0.05) is 6.92 Å². The summed E-state index contributed by atoms with van der Waals surface area (Å²) in [6.07, 6.45) is 0. The van der Waals surface area contributed by atoms with Crippen LogP contribution in [0.4, 0.5) is 5.82 Å². The van der Waals surface area contributed by atoms with E-state index in [0.717, 1.165) is 34.7 Å². The lowest BCUT2D eigenvalue weighted by Crippen LogP contribution is -2.44. The zero-order chi connectivity index (χ0) is 14.2. The van der Waals surface area contributed by atoms with E-state index in [1.165, 1.54) is 0 Å². The molecule has 1 aliphatic rings. The van der Waals surface area contributed by atoms with Gasteiger partial charge in [-0.05, 0) is 34.1 Å². The van der Waals surface area contributed by atoms with Crippen molar-refractivity contribution in [1.82, 2.24) is 10.2 Å². The number of hydrogen-bond donors (Lipinski definition) is 2. The number of nitrogens with one attached hydrogen (secondary N) is 1. The standard InChI is InChI=1S/C14H16BrN3O2/c1-14(6-19-7-14)8-20-12-3-2-9(4-10(12)15)11-5-13(16)18-17-11/h2-5H,6-8H2,1H3,(H3,16,17,18). The Bertz CT molecular complexity index is 623. The Labute approximate surface area is 125 Å². The molecule has 0 saturated carbocycles. The Morgan fingerprint density at radius 3 is 2.80 bits per heavy atom. The van der Waals surface area contributed by atoms with Crippen molar-refractivity contribution in [2.24, 2.45) is 5.41 Å². The summed E-state index contributed by atoms with van der Waals surface area (Å²) in [5.74, 6) is 1.31. The fraction of sp³-hybridized carbons (Fsp3) is 0.357. The number of H-pyrrole nitrogens is 1. The van der Waals surface area contributed by atoms with Gasteiger partial charge in [-0.2, -0.15) is 5.10 Å². The van der Waals surface area contributed by atoms with E-state index in [2.05, 4.69) is 33.1 Å². The number of aromatic amines is 1. The molecule has 106 valence electrons. The number of aromatic nitrogens is 2.